The summed E-state index contributed by atoms with van der Waals surface area (Å²) in [6, 6.07) is 6.67. The van der Waals surface area contributed by atoms with E-state index >= 15 is 0 Å². The largest absolute Gasteiger partial charge is 0.356 e. The SMILES string of the molecule is CN=C(NCCc1ccc(F)cc1)N1CCCC1.I. The molecule has 1 aromatic rings. The Hall–Kier alpha value is -0.850. The van der Waals surface area contributed by atoms with Crippen molar-refractivity contribution < 1.29 is 4.39 Å². The van der Waals surface area contributed by atoms with E-state index in [0.29, 0.717) is 0 Å². The van der Waals surface area contributed by atoms with E-state index in [0.717, 1.165) is 37.6 Å². The van der Waals surface area contributed by atoms with Gasteiger partial charge < -0.3 is 10.2 Å². The summed E-state index contributed by atoms with van der Waals surface area (Å²) in [7, 11) is 1.82. The van der Waals surface area contributed by atoms with Crippen molar-refractivity contribution in [1.29, 1.82) is 0 Å². The molecule has 3 nitrogen and oxygen atoms in total. The molecular weight excluding hydrogens is 356 g/mol. The van der Waals surface area contributed by atoms with Crippen molar-refractivity contribution >= 4 is 29.9 Å². The van der Waals surface area contributed by atoms with Crippen LogP contribution in [0.3, 0.4) is 0 Å². The summed E-state index contributed by atoms with van der Waals surface area (Å²) >= 11 is 0. The molecule has 1 N–H and O–H groups in total. The van der Waals surface area contributed by atoms with Gasteiger partial charge in [0.05, 0.1) is 0 Å². The third-order valence-corrected chi connectivity index (χ3v) is 3.23. The molecule has 1 heterocycles. The molecule has 0 radical (unpaired) electrons. The first kappa shape index (κ1) is 16.2. The van der Waals surface area contributed by atoms with Crippen molar-refractivity contribution in [2.75, 3.05) is 26.7 Å². The summed E-state index contributed by atoms with van der Waals surface area (Å²) in [6.07, 6.45) is 3.38. The molecule has 0 bridgehead atoms. The Morgan fingerprint density at radius 2 is 1.89 bits per heavy atom. The molecule has 5 heteroatoms. The van der Waals surface area contributed by atoms with E-state index in [1.165, 1.54) is 25.0 Å². The van der Waals surface area contributed by atoms with Crippen LogP contribution in [-0.2, 0) is 6.42 Å². The number of guanidine groups is 1. The lowest BCUT2D eigenvalue weighted by Crippen LogP contribution is -2.40. The van der Waals surface area contributed by atoms with E-state index in [4.69, 9.17) is 0 Å². The topological polar surface area (TPSA) is 27.6 Å². The van der Waals surface area contributed by atoms with Crippen LogP contribution in [-0.4, -0.2) is 37.5 Å². The molecular formula is C14H21FIN3. The van der Waals surface area contributed by atoms with E-state index in [9.17, 15) is 4.39 Å². The highest BCUT2D eigenvalue weighted by Gasteiger charge is 2.14. The van der Waals surface area contributed by atoms with E-state index in [2.05, 4.69) is 15.2 Å². The smallest absolute Gasteiger partial charge is 0.193 e. The van der Waals surface area contributed by atoms with Gasteiger partial charge in [0.1, 0.15) is 5.82 Å². The molecule has 0 aliphatic carbocycles. The minimum absolute atomic E-state index is 0. The number of nitrogens with zero attached hydrogens (tertiary/aromatic N) is 2. The predicted molar refractivity (Wildman–Crippen MR) is 87.7 cm³/mol. The fourth-order valence-electron chi connectivity index (χ4n) is 2.23. The minimum atomic E-state index is -0.181. The average molecular weight is 377 g/mol. The molecule has 0 unspecified atom stereocenters. The highest BCUT2D eigenvalue weighted by molar-refractivity contribution is 14.0. The van der Waals surface area contributed by atoms with Crippen molar-refractivity contribution in [3.8, 4) is 0 Å². The zero-order valence-corrected chi connectivity index (χ0v) is 13.6. The van der Waals surface area contributed by atoms with Crippen LogP contribution in [0.1, 0.15) is 18.4 Å². The highest BCUT2D eigenvalue weighted by atomic mass is 127. The fourth-order valence-corrected chi connectivity index (χ4v) is 2.23. The van der Waals surface area contributed by atoms with Crippen LogP contribution < -0.4 is 5.32 Å². The van der Waals surface area contributed by atoms with Crippen molar-refractivity contribution in [2.24, 2.45) is 4.99 Å². The van der Waals surface area contributed by atoms with Gasteiger partial charge in [-0.25, -0.2) is 4.39 Å². The summed E-state index contributed by atoms with van der Waals surface area (Å²) in [4.78, 5) is 6.57. The second-order valence-corrected chi connectivity index (χ2v) is 4.54. The number of aliphatic imine (C=N–C) groups is 1. The van der Waals surface area contributed by atoms with Gasteiger partial charge >= 0.3 is 0 Å². The van der Waals surface area contributed by atoms with Gasteiger partial charge in [0.15, 0.2) is 5.96 Å². The highest BCUT2D eigenvalue weighted by Crippen LogP contribution is 2.07. The van der Waals surface area contributed by atoms with Crippen LogP contribution in [0, 0.1) is 5.82 Å². The number of halogens is 2. The molecule has 0 amide bonds. The molecule has 1 aliphatic heterocycles. The van der Waals surface area contributed by atoms with E-state index in [1.807, 2.05) is 19.2 Å². The van der Waals surface area contributed by atoms with Gasteiger partial charge in [-0.2, -0.15) is 0 Å². The summed E-state index contributed by atoms with van der Waals surface area (Å²) in [5.74, 6) is 0.800. The Morgan fingerprint density at radius 1 is 1.26 bits per heavy atom. The number of rotatable bonds is 3. The van der Waals surface area contributed by atoms with Gasteiger partial charge in [0.2, 0.25) is 0 Å². The second-order valence-electron chi connectivity index (χ2n) is 4.54. The number of benzene rings is 1. The first-order valence-corrected chi connectivity index (χ1v) is 6.49. The molecule has 0 saturated carbocycles. The maximum atomic E-state index is 12.8. The zero-order chi connectivity index (χ0) is 12.8. The summed E-state index contributed by atoms with van der Waals surface area (Å²) in [6.45, 7) is 3.02. The fraction of sp³-hybridized carbons (Fsp3) is 0.500. The molecule has 19 heavy (non-hydrogen) atoms. The van der Waals surface area contributed by atoms with Crippen LogP contribution in [0.15, 0.2) is 29.3 Å². The zero-order valence-electron chi connectivity index (χ0n) is 11.2. The predicted octanol–water partition coefficient (Wildman–Crippen LogP) is 2.66. The van der Waals surface area contributed by atoms with Gasteiger partial charge in [0, 0.05) is 26.7 Å². The van der Waals surface area contributed by atoms with Gasteiger partial charge in [0.25, 0.3) is 0 Å². The van der Waals surface area contributed by atoms with Gasteiger partial charge in [-0.15, -0.1) is 24.0 Å². The number of likely N-dealkylation sites (tertiary alicyclic amines) is 1. The normalized spacial score (nSPS) is 15.3. The van der Waals surface area contributed by atoms with Crippen molar-refractivity contribution in [2.45, 2.75) is 19.3 Å². The van der Waals surface area contributed by atoms with Gasteiger partial charge in [-0.05, 0) is 37.0 Å². The Bertz CT molecular complexity index is 400. The first-order chi connectivity index (χ1) is 8.79. The molecule has 1 fully saturated rings. The number of hydrogen-bond donors (Lipinski definition) is 1. The number of nitrogens with one attached hydrogen (secondary N) is 1. The lowest BCUT2D eigenvalue weighted by Gasteiger charge is -2.20. The Morgan fingerprint density at radius 3 is 2.47 bits per heavy atom. The maximum Gasteiger partial charge on any atom is 0.193 e. The summed E-state index contributed by atoms with van der Waals surface area (Å²) in [5.41, 5.74) is 1.14. The lowest BCUT2D eigenvalue weighted by molar-refractivity contribution is 0.494. The molecule has 2 rings (SSSR count). The first-order valence-electron chi connectivity index (χ1n) is 6.49. The molecule has 106 valence electrons. The average Bonchev–Trinajstić information content (AvgIpc) is 2.91. The Balaban J connectivity index is 0.00000180. The maximum absolute atomic E-state index is 12.8. The van der Waals surface area contributed by atoms with Gasteiger partial charge in [-0.1, -0.05) is 12.1 Å². The van der Waals surface area contributed by atoms with Crippen LogP contribution >= 0.6 is 24.0 Å². The van der Waals surface area contributed by atoms with E-state index < -0.39 is 0 Å². The molecule has 1 aromatic carbocycles. The number of hydrogen-bond acceptors (Lipinski definition) is 1. The molecule has 0 atom stereocenters. The van der Waals surface area contributed by atoms with Crippen LogP contribution in [0.4, 0.5) is 4.39 Å². The van der Waals surface area contributed by atoms with Crippen LogP contribution in [0.2, 0.25) is 0 Å². The van der Waals surface area contributed by atoms with Gasteiger partial charge in [-0.3, -0.25) is 4.99 Å². The molecule has 0 aromatic heterocycles. The third kappa shape index (κ3) is 4.97. The monoisotopic (exact) mass is 377 g/mol. The van der Waals surface area contributed by atoms with Crippen LogP contribution in [0.25, 0.3) is 0 Å². The van der Waals surface area contributed by atoms with E-state index in [-0.39, 0.29) is 29.8 Å². The van der Waals surface area contributed by atoms with Crippen LogP contribution in [0.5, 0.6) is 0 Å². The molecule has 0 spiro atoms. The summed E-state index contributed by atoms with van der Waals surface area (Å²) < 4.78 is 12.8. The summed E-state index contributed by atoms with van der Waals surface area (Å²) in [5, 5.41) is 3.36. The van der Waals surface area contributed by atoms with Crippen molar-refractivity contribution in [3.05, 3.63) is 35.6 Å². The standard InChI is InChI=1S/C14H20FN3.HI/c1-16-14(18-10-2-3-11-18)17-9-8-12-4-6-13(15)7-5-12;/h4-7H,2-3,8-11H2,1H3,(H,16,17);1H. The minimum Gasteiger partial charge on any atom is -0.356 e. The lowest BCUT2D eigenvalue weighted by atomic mass is 10.1. The Labute approximate surface area is 131 Å². The molecule has 1 saturated heterocycles. The van der Waals surface area contributed by atoms with Crippen molar-refractivity contribution in [1.82, 2.24) is 10.2 Å². The van der Waals surface area contributed by atoms with Crippen molar-refractivity contribution in [3.63, 3.8) is 0 Å². The Kier molecular flexibility index (Phi) is 7.12. The second kappa shape index (κ2) is 8.35. The van der Waals surface area contributed by atoms with E-state index in [1.54, 1.807) is 0 Å². The quantitative estimate of drug-likeness (QED) is 0.498. The third-order valence-electron chi connectivity index (χ3n) is 3.23. The molecule has 1 aliphatic rings.